The molecule has 22 heavy (non-hydrogen) atoms. The summed E-state index contributed by atoms with van der Waals surface area (Å²) in [6.07, 6.45) is 7.89. The summed E-state index contributed by atoms with van der Waals surface area (Å²) in [7, 11) is -0.481. The van der Waals surface area contributed by atoms with Crippen LogP contribution in [0.15, 0.2) is 54.6 Å². The fraction of sp³-hybridized carbons (Fsp3) is 0.150. The van der Waals surface area contributed by atoms with Gasteiger partial charge in [0.15, 0.2) is 0 Å². The molecule has 0 aromatic heterocycles. The summed E-state index contributed by atoms with van der Waals surface area (Å²) in [5.74, 6) is 0. The first kappa shape index (κ1) is 14.5. The second-order valence-electron chi connectivity index (χ2n) is 6.16. The summed E-state index contributed by atoms with van der Waals surface area (Å²) >= 11 is 1.52. The molecule has 2 aliphatic rings. The van der Waals surface area contributed by atoms with Crippen molar-refractivity contribution in [2.24, 2.45) is 0 Å². The maximum atomic E-state index is 2.41. The Balaban J connectivity index is 2.25. The van der Waals surface area contributed by atoms with Gasteiger partial charge < -0.3 is 0 Å². The van der Waals surface area contributed by atoms with Crippen molar-refractivity contribution in [1.82, 2.24) is 0 Å². The molecule has 0 heterocycles. The Morgan fingerprint density at radius 1 is 0.909 bits per heavy atom. The molecule has 0 saturated heterocycles. The number of hydrogen-bond donors (Lipinski definition) is 0. The summed E-state index contributed by atoms with van der Waals surface area (Å²) < 4.78 is 1.53. The summed E-state index contributed by atoms with van der Waals surface area (Å²) in [4.78, 5) is 1.59. The van der Waals surface area contributed by atoms with Crippen LogP contribution in [0.25, 0.3) is 8.85 Å². The van der Waals surface area contributed by atoms with Crippen LogP contribution >= 0.6 is 0 Å². The predicted octanol–water partition coefficient (Wildman–Crippen LogP) is 3.92. The van der Waals surface area contributed by atoms with Gasteiger partial charge in [0.25, 0.3) is 0 Å². The molecule has 0 amide bonds. The Kier molecular flexibility index (Phi) is 3.63. The van der Waals surface area contributed by atoms with Gasteiger partial charge in [-0.1, -0.05) is 0 Å². The van der Waals surface area contributed by atoms with Crippen LogP contribution in [0.5, 0.6) is 0 Å². The monoisotopic (exact) mass is 375 g/mol. The Labute approximate surface area is 147 Å². The molecule has 0 unspecified atom stereocenters. The Hall–Kier alpha value is -1.11. The van der Waals surface area contributed by atoms with E-state index in [0.717, 1.165) is 6.42 Å². The molecule has 0 nitrogen and oxygen atoms in total. The van der Waals surface area contributed by atoms with Gasteiger partial charge in [0, 0.05) is 0 Å². The van der Waals surface area contributed by atoms with E-state index < -0.39 is 8.41 Å². The summed E-state index contributed by atoms with van der Waals surface area (Å²) in [6.45, 7) is 4.81. The second-order valence-corrected chi connectivity index (χ2v) is 9.92. The van der Waals surface area contributed by atoms with Gasteiger partial charge in [0.1, 0.15) is 0 Å². The minimum atomic E-state index is -0.481. The molecular weight excluding hydrogens is 360 g/mol. The van der Waals surface area contributed by atoms with Gasteiger partial charge in [0.05, 0.1) is 0 Å². The van der Waals surface area contributed by atoms with Gasteiger partial charge in [-0.05, 0) is 0 Å². The van der Waals surface area contributed by atoms with E-state index in [2.05, 4.69) is 67.7 Å². The van der Waals surface area contributed by atoms with Crippen LogP contribution < -0.4 is 5.22 Å². The van der Waals surface area contributed by atoms with E-state index in [1.54, 1.807) is 10.4 Å². The van der Waals surface area contributed by atoms with E-state index in [4.69, 9.17) is 0 Å². The summed E-state index contributed by atoms with van der Waals surface area (Å²) in [5, 5.41) is 4.31. The van der Waals surface area contributed by atoms with Crippen molar-refractivity contribution >= 4 is 17.3 Å². The minimum absolute atomic E-state index is 0.481. The second kappa shape index (κ2) is 5.51. The van der Waals surface area contributed by atoms with Crippen molar-refractivity contribution in [2.45, 2.75) is 19.5 Å². The van der Waals surface area contributed by atoms with Crippen LogP contribution in [0.1, 0.15) is 17.5 Å². The molecule has 0 atom stereocenters. The van der Waals surface area contributed by atoms with Gasteiger partial charge in [-0.25, -0.2) is 0 Å². The van der Waals surface area contributed by atoms with Gasteiger partial charge in [-0.2, -0.15) is 0 Å². The molecule has 2 aromatic carbocycles. The van der Waals surface area contributed by atoms with Crippen molar-refractivity contribution < 1.29 is 24.7 Å². The van der Waals surface area contributed by atoms with Crippen molar-refractivity contribution in [3.63, 3.8) is 0 Å². The van der Waals surface area contributed by atoms with Crippen molar-refractivity contribution in [1.29, 1.82) is 0 Å². The van der Waals surface area contributed by atoms with E-state index in [1.807, 2.05) is 0 Å². The third kappa shape index (κ3) is 2.08. The van der Waals surface area contributed by atoms with E-state index in [1.165, 1.54) is 54.8 Å². The van der Waals surface area contributed by atoms with Gasteiger partial charge in [0.2, 0.25) is 0 Å². The number of fused-ring (bicyclic) bond motifs is 2. The molecule has 2 heteroatoms. The fourth-order valence-corrected chi connectivity index (χ4v) is 5.92. The fourth-order valence-electron chi connectivity index (χ4n) is 3.54. The van der Waals surface area contributed by atoms with E-state index >= 15 is 0 Å². The number of hydrogen-bond acceptors (Lipinski definition) is 0. The third-order valence-electron chi connectivity index (χ3n) is 4.57. The van der Waals surface area contributed by atoms with Gasteiger partial charge in [-0.15, -0.1) is 0 Å². The van der Waals surface area contributed by atoms with Crippen molar-refractivity contribution in [3.05, 3.63) is 86.2 Å². The molecule has 0 fully saturated rings. The molecular formula is C20H17SiZr. The molecule has 4 rings (SSSR count). The molecule has 0 spiro atoms. The molecule has 105 valence electrons. The first-order valence-corrected chi connectivity index (χ1v) is 11.4. The summed E-state index contributed by atoms with van der Waals surface area (Å²) in [6, 6.07) is 13.7. The number of benzene rings is 2. The van der Waals surface area contributed by atoms with Crippen LogP contribution in [0.2, 0.25) is 13.1 Å². The van der Waals surface area contributed by atoms with Crippen LogP contribution in [0, 0.1) is 15.3 Å². The number of rotatable bonds is 1. The van der Waals surface area contributed by atoms with E-state index in [-0.39, 0.29) is 0 Å². The zero-order valence-corrected chi connectivity index (χ0v) is 16.4. The molecule has 2 aliphatic carbocycles. The normalized spacial score (nSPS) is 14.8. The number of allylic oxidation sites excluding steroid dienone is 4. The van der Waals surface area contributed by atoms with Crippen LogP contribution in [-0.2, 0) is 24.7 Å². The quantitative estimate of drug-likeness (QED) is 0.662. The van der Waals surface area contributed by atoms with Crippen LogP contribution in [0.4, 0.5) is 0 Å². The van der Waals surface area contributed by atoms with Crippen LogP contribution in [-0.4, -0.2) is 8.41 Å². The summed E-state index contributed by atoms with van der Waals surface area (Å²) in [5.41, 5.74) is 4.58. The maximum absolute atomic E-state index is 2.41. The van der Waals surface area contributed by atoms with Gasteiger partial charge in [-0.3, -0.25) is 0 Å². The first-order valence-electron chi connectivity index (χ1n) is 7.71. The predicted molar refractivity (Wildman–Crippen MR) is 90.7 cm³/mol. The Bertz CT molecular complexity index is 1070. The first-order chi connectivity index (χ1) is 10.7. The molecule has 0 bridgehead atoms. The molecule has 0 N–H and O–H groups in total. The van der Waals surface area contributed by atoms with Gasteiger partial charge >= 0.3 is 148 Å². The molecule has 2 aromatic rings. The topological polar surface area (TPSA) is 0 Å². The van der Waals surface area contributed by atoms with E-state index in [9.17, 15) is 0 Å². The third-order valence-corrected chi connectivity index (χ3v) is 7.34. The van der Waals surface area contributed by atoms with Crippen LogP contribution in [0.3, 0.4) is 0 Å². The van der Waals surface area contributed by atoms with Crippen molar-refractivity contribution in [2.75, 3.05) is 0 Å². The van der Waals surface area contributed by atoms with E-state index in [0.29, 0.717) is 0 Å². The SMILES string of the molecule is C[Si](C)=c1ccc2c(c1C1=CC=CC1)[C]([Zr])=c1ccccc1=2. The Morgan fingerprint density at radius 2 is 1.68 bits per heavy atom. The van der Waals surface area contributed by atoms with Crippen molar-refractivity contribution in [3.8, 4) is 0 Å². The molecule has 0 aliphatic heterocycles. The zero-order chi connectivity index (χ0) is 15.3. The average Bonchev–Trinajstić information content (AvgIpc) is 3.15. The molecule has 0 radical (unpaired) electrons. The molecule has 0 saturated carbocycles. The average molecular weight is 377 g/mol. The zero-order valence-electron chi connectivity index (χ0n) is 12.9. The Morgan fingerprint density at radius 3 is 2.36 bits per heavy atom. The standard InChI is InChI=1S/C20H17Si.Zr/c1-21(2)19-12-11-17-16-10-6-5-9-15(16)13-18(17)20(19)14-7-3-4-8-14;/h3-7,9-12H,8H2,1-2H3;.